The van der Waals surface area contributed by atoms with Crippen LogP contribution in [0.5, 0.6) is 0 Å². The van der Waals surface area contributed by atoms with Crippen LogP contribution < -0.4 is 10.6 Å². The maximum Gasteiger partial charge on any atom is 0.239 e. The molecule has 4 nitrogen and oxygen atoms in total. The SMILES string of the molecule is CC(C)CC(NCC1CCCNC1)C(=O)N(C)C. The van der Waals surface area contributed by atoms with Crippen LogP contribution in [0.4, 0.5) is 0 Å². The molecule has 18 heavy (non-hydrogen) atoms. The number of hydrogen-bond donors (Lipinski definition) is 2. The molecule has 2 unspecified atom stereocenters. The molecule has 106 valence electrons. The van der Waals surface area contributed by atoms with Crippen molar-refractivity contribution >= 4 is 5.91 Å². The summed E-state index contributed by atoms with van der Waals surface area (Å²) in [5, 5.41) is 6.89. The molecule has 0 aromatic heterocycles. The fourth-order valence-electron chi connectivity index (χ4n) is 2.46. The summed E-state index contributed by atoms with van der Waals surface area (Å²) in [5.74, 6) is 1.41. The number of nitrogens with zero attached hydrogens (tertiary/aromatic N) is 1. The highest BCUT2D eigenvalue weighted by Gasteiger charge is 2.22. The van der Waals surface area contributed by atoms with Gasteiger partial charge in [-0.05, 0) is 50.7 Å². The number of amides is 1. The highest BCUT2D eigenvalue weighted by Crippen LogP contribution is 2.11. The molecule has 1 rings (SSSR count). The van der Waals surface area contributed by atoms with Gasteiger partial charge in [-0.15, -0.1) is 0 Å². The predicted molar refractivity (Wildman–Crippen MR) is 75.5 cm³/mol. The lowest BCUT2D eigenvalue weighted by Gasteiger charge is -2.28. The van der Waals surface area contributed by atoms with Gasteiger partial charge >= 0.3 is 0 Å². The lowest BCUT2D eigenvalue weighted by molar-refractivity contribution is -0.131. The summed E-state index contributed by atoms with van der Waals surface area (Å²) < 4.78 is 0. The molecule has 0 bridgehead atoms. The molecule has 0 aromatic rings. The average molecular weight is 255 g/mol. The van der Waals surface area contributed by atoms with Gasteiger partial charge in [0.05, 0.1) is 6.04 Å². The van der Waals surface area contributed by atoms with E-state index in [9.17, 15) is 4.79 Å². The van der Waals surface area contributed by atoms with Crippen molar-refractivity contribution < 1.29 is 4.79 Å². The summed E-state index contributed by atoms with van der Waals surface area (Å²) in [5.41, 5.74) is 0. The third-order valence-corrected chi connectivity index (χ3v) is 3.50. The summed E-state index contributed by atoms with van der Waals surface area (Å²) >= 11 is 0. The molecule has 1 amide bonds. The van der Waals surface area contributed by atoms with E-state index in [-0.39, 0.29) is 11.9 Å². The number of carbonyl (C=O) groups excluding carboxylic acids is 1. The monoisotopic (exact) mass is 255 g/mol. The third kappa shape index (κ3) is 5.36. The number of hydrogen-bond acceptors (Lipinski definition) is 3. The van der Waals surface area contributed by atoms with Gasteiger partial charge in [0.1, 0.15) is 0 Å². The molecule has 0 aromatic carbocycles. The molecule has 2 atom stereocenters. The van der Waals surface area contributed by atoms with Gasteiger partial charge in [-0.1, -0.05) is 13.8 Å². The van der Waals surface area contributed by atoms with Crippen LogP contribution in [-0.2, 0) is 4.79 Å². The Morgan fingerprint density at radius 1 is 1.44 bits per heavy atom. The van der Waals surface area contributed by atoms with Crippen LogP contribution in [-0.4, -0.2) is 50.6 Å². The first kappa shape index (κ1) is 15.4. The fourth-order valence-corrected chi connectivity index (χ4v) is 2.46. The minimum atomic E-state index is -0.0260. The molecule has 2 N–H and O–H groups in total. The van der Waals surface area contributed by atoms with E-state index in [0.29, 0.717) is 11.8 Å². The second-order valence-electron chi connectivity index (χ2n) is 6.04. The Hall–Kier alpha value is -0.610. The Labute approximate surface area is 111 Å². The van der Waals surface area contributed by atoms with Crippen LogP contribution in [0.2, 0.25) is 0 Å². The second-order valence-corrected chi connectivity index (χ2v) is 6.04. The third-order valence-electron chi connectivity index (χ3n) is 3.50. The van der Waals surface area contributed by atoms with Crippen molar-refractivity contribution in [3.8, 4) is 0 Å². The van der Waals surface area contributed by atoms with Crippen LogP contribution in [0, 0.1) is 11.8 Å². The maximum atomic E-state index is 12.1. The van der Waals surface area contributed by atoms with E-state index in [0.717, 1.165) is 26.1 Å². The summed E-state index contributed by atoms with van der Waals surface area (Å²) in [4.78, 5) is 13.8. The molecule has 4 heteroatoms. The molecular weight excluding hydrogens is 226 g/mol. The highest BCUT2D eigenvalue weighted by atomic mass is 16.2. The molecule has 0 spiro atoms. The quantitative estimate of drug-likeness (QED) is 0.746. The number of carbonyl (C=O) groups is 1. The van der Waals surface area contributed by atoms with Gasteiger partial charge < -0.3 is 15.5 Å². The topological polar surface area (TPSA) is 44.4 Å². The Balaban J connectivity index is 2.42. The normalized spacial score (nSPS) is 21.9. The summed E-state index contributed by atoms with van der Waals surface area (Å²) in [7, 11) is 3.67. The van der Waals surface area contributed by atoms with E-state index in [4.69, 9.17) is 0 Å². The summed E-state index contributed by atoms with van der Waals surface area (Å²) in [6, 6.07) is -0.0260. The molecule has 0 aliphatic carbocycles. The minimum Gasteiger partial charge on any atom is -0.347 e. The first-order chi connectivity index (χ1) is 8.50. The maximum absolute atomic E-state index is 12.1. The fraction of sp³-hybridized carbons (Fsp3) is 0.929. The standard InChI is InChI=1S/C14H29N3O/c1-11(2)8-13(14(18)17(3)4)16-10-12-6-5-7-15-9-12/h11-13,15-16H,5-10H2,1-4H3. The van der Waals surface area contributed by atoms with E-state index >= 15 is 0 Å². The van der Waals surface area contributed by atoms with E-state index < -0.39 is 0 Å². The van der Waals surface area contributed by atoms with E-state index in [2.05, 4.69) is 24.5 Å². The van der Waals surface area contributed by atoms with Gasteiger partial charge in [0, 0.05) is 14.1 Å². The van der Waals surface area contributed by atoms with Crippen molar-refractivity contribution in [2.45, 2.75) is 39.2 Å². The summed E-state index contributed by atoms with van der Waals surface area (Å²) in [6.45, 7) is 7.50. The average Bonchev–Trinajstić information content (AvgIpc) is 2.34. The molecule has 0 saturated carbocycles. The molecule has 1 aliphatic rings. The van der Waals surface area contributed by atoms with Gasteiger partial charge in [0.2, 0.25) is 5.91 Å². The van der Waals surface area contributed by atoms with Crippen molar-refractivity contribution in [2.75, 3.05) is 33.7 Å². The molecule has 1 heterocycles. The van der Waals surface area contributed by atoms with Crippen molar-refractivity contribution in [2.24, 2.45) is 11.8 Å². The van der Waals surface area contributed by atoms with Gasteiger partial charge in [-0.2, -0.15) is 0 Å². The van der Waals surface area contributed by atoms with Crippen molar-refractivity contribution in [1.29, 1.82) is 0 Å². The Kier molecular flexibility index (Phi) is 6.65. The van der Waals surface area contributed by atoms with Gasteiger partial charge in [-0.25, -0.2) is 0 Å². The van der Waals surface area contributed by atoms with Gasteiger partial charge in [0.25, 0.3) is 0 Å². The number of piperidine rings is 1. The molecular formula is C14H29N3O. The zero-order valence-electron chi connectivity index (χ0n) is 12.3. The zero-order chi connectivity index (χ0) is 13.5. The van der Waals surface area contributed by atoms with Crippen molar-refractivity contribution in [3.05, 3.63) is 0 Å². The summed E-state index contributed by atoms with van der Waals surface area (Å²) in [6.07, 6.45) is 3.44. The highest BCUT2D eigenvalue weighted by molar-refractivity contribution is 5.81. The Morgan fingerprint density at radius 3 is 2.67 bits per heavy atom. The van der Waals surface area contributed by atoms with Crippen molar-refractivity contribution in [1.82, 2.24) is 15.5 Å². The minimum absolute atomic E-state index is 0.0260. The van der Waals surface area contributed by atoms with E-state index in [1.165, 1.54) is 12.8 Å². The molecule has 0 radical (unpaired) electrons. The van der Waals surface area contributed by atoms with Crippen LogP contribution >= 0.6 is 0 Å². The smallest absolute Gasteiger partial charge is 0.239 e. The van der Waals surface area contributed by atoms with Gasteiger partial charge in [-0.3, -0.25) is 4.79 Å². The number of rotatable bonds is 6. The largest absolute Gasteiger partial charge is 0.347 e. The first-order valence-electron chi connectivity index (χ1n) is 7.16. The van der Waals surface area contributed by atoms with Crippen LogP contribution in [0.15, 0.2) is 0 Å². The zero-order valence-corrected chi connectivity index (χ0v) is 12.3. The molecule has 1 aliphatic heterocycles. The van der Waals surface area contributed by atoms with Crippen molar-refractivity contribution in [3.63, 3.8) is 0 Å². The van der Waals surface area contributed by atoms with E-state index in [1.807, 2.05) is 14.1 Å². The second kappa shape index (κ2) is 7.74. The van der Waals surface area contributed by atoms with Crippen LogP contribution in [0.25, 0.3) is 0 Å². The lowest BCUT2D eigenvalue weighted by Crippen LogP contribution is -2.47. The number of likely N-dealkylation sites (N-methyl/N-ethyl adjacent to an activating group) is 1. The van der Waals surface area contributed by atoms with Crippen LogP contribution in [0.3, 0.4) is 0 Å². The van der Waals surface area contributed by atoms with E-state index in [1.54, 1.807) is 4.90 Å². The van der Waals surface area contributed by atoms with Crippen LogP contribution in [0.1, 0.15) is 33.1 Å². The predicted octanol–water partition coefficient (Wildman–Crippen LogP) is 1.08. The molecule has 1 fully saturated rings. The first-order valence-corrected chi connectivity index (χ1v) is 7.16. The Bertz CT molecular complexity index is 247. The van der Waals surface area contributed by atoms with Gasteiger partial charge in [0.15, 0.2) is 0 Å². The number of nitrogens with one attached hydrogen (secondary N) is 2. The Morgan fingerprint density at radius 2 is 2.17 bits per heavy atom. The molecule has 1 saturated heterocycles. The lowest BCUT2D eigenvalue weighted by atomic mass is 9.97.